The van der Waals surface area contributed by atoms with E-state index in [2.05, 4.69) is 22.1 Å². The van der Waals surface area contributed by atoms with Gasteiger partial charge in [-0.3, -0.25) is 0 Å². The van der Waals surface area contributed by atoms with Crippen LogP contribution < -0.4 is 5.73 Å². The van der Waals surface area contributed by atoms with Gasteiger partial charge in [-0.05, 0) is 33.4 Å². The first-order valence-electron chi connectivity index (χ1n) is 5.67. The minimum Gasteiger partial charge on any atom is -0.409 e. The SMILES string of the molecule is Cc1ncsc1CN(C)CCCCC(N)=NO. The number of unbranched alkanes of at least 4 members (excludes halogenated alkanes) is 1. The molecule has 1 heterocycles. The number of rotatable bonds is 7. The van der Waals surface area contributed by atoms with Gasteiger partial charge in [-0.15, -0.1) is 11.3 Å². The number of nitrogens with two attached hydrogens (primary N) is 1. The third kappa shape index (κ3) is 5.14. The Morgan fingerprint density at radius 1 is 1.59 bits per heavy atom. The van der Waals surface area contributed by atoms with Gasteiger partial charge >= 0.3 is 0 Å². The second-order valence-electron chi connectivity index (χ2n) is 4.15. The lowest BCUT2D eigenvalue weighted by molar-refractivity contribution is 0.313. The number of aryl methyl sites for hydroxylation is 1. The van der Waals surface area contributed by atoms with Gasteiger partial charge in [0.15, 0.2) is 0 Å². The lowest BCUT2D eigenvalue weighted by Gasteiger charge is -2.15. The Kier molecular flexibility index (Phi) is 5.93. The normalized spacial score (nSPS) is 12.3. The van der Waals surface area contributed by atoms with Crippen LogP contribution in [0, 0.1) is 6.92 Å². The molecule has 0 fully saturated rings. The van der Waals surface area contributed by atoms with Gasteiger partial charge < -0.3 is 15.8 Å². The summed E-state index contributed by atoms with van der Waals surface area (Å²) in [6.07, 6.45) is 2.65. The van der Waals surface area contributed by atoms with Crippen LogP contribution in [0.2, 0.25) is 0 Å². The summed E-state index contributed by atoms with van der Waals surface area (Å²) < 4.78 is 0. The average molecular weight is 256 g/mol. The molecule has 0 aliphatic heterocycles. The van der Waals surface area contributed by atoms with Crippen molar-refractivity contribution < 1.29 is 5.21 Å². The summed E-state index contributed by atoms with van der Waals surface area (Å²) in [6.45, 7) is 3.99. The highest BCUT2D eigenvalue weighted by Gasteiger charge is 2.05. The summed E-state index contributed by atoms with van der Waals surface area (Å²) in [5.74, 6) is 0.311. The van der Waals surface area contributed by atoms with E-state index < -0.39 is 0 Å². The first-order chi connectivity index (χ1) is 8.13. The molecule has 0 saturated carbocycles. The van der Waals surface area contributed by atoms with E-state index >= 15 is 0 Å². The Morgan fingerprint density at radius 3 is 2.94 bits per heavy atom. The number of thiazole rings is 1. The molecule has 0 spiro atoms. The number of amidine groups is 1. The lowest BCUT2D eigenvalue weighted by Crippen LogP contribution is -2.19. The summed E-state index contributed by atoms with van der Waals surface area (Å²) in [4.78, 5) is 7.83. The fraction of sp³-hybridized carbons (Fsp3) is 0.636. The Morgan fingerprint density at radius 2 is 2.35 bits per heavy atom. The van der Waals surface area contributed by atoms with Crippen molar-refractivity contribution in [1.29, 1.82) is 0 Å². The lowest BCUT2D eigenvalue weighted by atomic mass is 10.2. The van der Waals surface area contributed by atoms with Gasteiger partial charge in [0.2, 0.25) is 0 Å². The molecule has 0 radical (unpaired) electrons. The molecule has 96 valence electrons. The highest BCUT2D eigenvalue weighted by molar-refractivity contribution is 7.09. The topological polar surface area (TPSA) is 74.7 Å². The van der Waals surface area contributed by atoms with E-state index in [0.717, 1.165) is 31.6 Å². The third-order valence-electron chi connectivity index (χ3n) is 2.61. The van der Waals surface area contributed by atoms with Crippen LogP contribution in [-0.2, 0) is 6.54 Å². The van der Waals surface area contributed by atoms with Crippen LogP contribution in [0.3, 0.4) is 0 Å². The van der Waals surface area contributed by atoms with Gasteiger partial charge in [-0.2, -0.15) is 0 Å². The number of oxime groups is 1. The predicted molar refractivity (Wildman–Crippen MR) is 70.4 cm³/mol. The van der Waals surface area contributed by atoms with E-state index in [1.54, 1.807) is 11.3 Å². The van der Waals surface area contributed by atoms with E-state index in [-0.39, 0.29) is 0 Å². The highest BCUT2D eigenvalue weighted by Crippen LogP contribution is 2.14. The number of hydrogen-bond donors (Lipinski definition) is 2. The van der Waals surface area contributed by atoms with Crippen molar-refractivity contribution in [3.63, 3.8) is 0 Å². The van der Waals surface area contributed by atoms with E-state index in [4.69, 9.17) is 10.9 Å². The van der Waals surface area contributed by atoms with Crippen molar-refractivity contribution in [3.05, 3.63) is 16.1 Å². The maximum atomic E-state index is 8.39. The maximum Gasteiger partial charge on any atom is 0.139 e. The van der Waals surface area contributed by atoms with Gasteiger partial charge in [-0.1, -0.05) is 5.16 Å². The second kappa shape index (κ2) is 7.24. The largest absolute Gasteiger partial charge is 0.409 e. The van der Waals surface area contributed by atoms with Crippen LogP contribution in [0.15, 0.2) is 10.7 Å². The fourth-order valence-electron chi connectivity index (χ4n) is 1.54. The number of aromatic nitrogens is 1. The molecule has 1 rings (SSSR count). The first kappa shape index (κ1) is 13.9. The molecule has 0 amide bonds. The summed E-state index contributed by atoms with van der Waals surface area (Å²) in [6, 6.07) is 0. The summed E-state index contributed by atoms with van der Waals surface area (Å²) >= 11 is 1.70. The molecule has 0 aliphatic rings. The molecule has 3 N–H and O–H groups in total. The Balaban J connectivity index is 2.18. The second-order valence-corrected chi connectivity index (χ2v) is 5.09. The van der Waals surface area contributed by atoms with Crippen molar-refractivity contribution in [2.45, 2.75) is 32.7 Å². The van der Waals surface area contributed by atoms with E-state index in [1.165, 1.54) is 4.88 Å². The molecule has 0 unspecified atom stereocenters. The van der Waals surface area contributed by atoms with Crippen LogP contribution in [0.1, 0.15) is 29.8 Å². The molecule has 0 bridgehead atoms. The predicted octanol–water partition coefficient (Wildman–Crippen LogP) is 1.80. The quantitative estimate of drug-likeness (QED) is 0.256. The average Bonchev–Trinajstić information content (AvgIpc) is 2.70. The van der Waals surface area contributed by atoms with E-state index in [0.29, 0.717) is 12.3 Å². The van der Waals surface area contributed by atoms with Crippen LogP contribution in [0.4, 0.5) is 0 Å². The molecule has 0 aromatic carbocycles. The smallest absolute Gasteiger partial charge is 0.139 e. The molecule has 5 nitrogen and oxygen atoms in total. The molecule has 0 aliphatic carbocycles. The zero-order valence-corrected chi connectivity index (χ0v) is 11.2. The molecular weight excluding hydrogens is 236 g/mol. The van der Waals surface area contributed by atoms with Crippen LogP contribution in [-0.4, -0.2) is 34.5 Å². The van der Waals surface area contributed by atoms with Gasteiger partial charge in [0.1, 0.15) is 5.84 Å². The Labute approximate surface area is 106 Å². The first-order valence-corrected chi connectivity index (χ1v) is 6.55. The zero-order chi connectivity index (χ0) is 12.7. The standard InChI is InChI=1S/C11H20N4OS/c1-9-10(17-8-13-9)7-15(2)6-4-3-5-11(12)14-16/h8,16H,3-7H2,1-2H3,(H2,12,14). The van der Waals surface area contributed by atoms with Crippen molar-refractivity contribution in [2.24, 2.45) is 10.9 Å². The van der Waals surface area contributed by atoms with Crippen LogP contribution in [0.25, 0.3) is 0 Å². The third-order valence-corrected chi connectivity index (χ3v) is 3.53. The van der Waals surface area contributed by atoms with Crippen molar-refractivity contribution in [3.8, 4) is 0 Å². The molecular formula is C11H20N4OS. The summed E-state index contributed by atoms with van der Waals surface area (Å²) in [7, 11) is 2.10. The van der Waals surface area contributed by atoms with Gasteiger partial charge in [0.25, 0.3) is 0 Å². The number of nitrogens with zero attached hydrogens (tertiary/aromatic N) is 3. The van der Waals surface area contributed by atoms with Gasteiger partial charge in [0, 0.05) is 17.8 Å². The minimum absolute atomic E-state index is 0.311. The molecule has 1 aromatic rings. The Bertz CT molecular complexity index is 364. The van der Waals surface area contributed by atoms with Crippen LogP contribution in [0.5, 0.6) is 0 Å². The van der Waals surface area contributed by atoms with Crippen molar-refractivity contribution in [2.75, 3.05) is 13.6 Å². The zero-order valence-electron chi connectivity index (χ0n) is 10.4. The Hall–Kier alpha value is -1.14. The van der Waals surface area contributed by atoms with Gasteiger partial charge in [0.05, 0.1) is 11.2 Å². The molecule has 1 aromatic heterocycles. The van der Waals surface area contributed by atoms with Crippen molar-refractivity contribution in [1.82, 2.24) is 9.88 Å². The molecule has 0 atom stereocenters. The summed E-state index contributed by atoms with van der Waals surface area (Å²) in [5, 5.41) is 11.3. The van der Waals surface area contributed by atoms with E-state index in [1.807, 2.05) is 12.4 Å². The van der Waals surface area contributed by atoms with Gasteiger partial charge in [-0.25, -0.2) is 4.98 Å². The summed E-state index contributed by atoms with van der Waals surface area (Å²) in [5.41, 5.74) is 8.41. The fourth-order valence-corrected chi connectivity index (χ4v) is 2.40. The molecule has 0 saturated heterocycles. The molecule has 6 heteroatoms. The van der Waals surface area contributed by atoms with Crippen molar-refractivity contribution >= 4 is 17.2 Å². The highest BCUT2D eigenvalue weighted by atomic mass is 32.1. The minimum atomic E-state index is 0.311. The monoisotopic (exact) mass is 256 g/mol. The van der Waals surface area contributed by atoms with E-state index in [9.17, 15) is 0 Å². The maximum absolute atomic E-state index is 8.39. The molecule has 17 heavy (non-hydrogen) atoms. The van der Waals surface area contributed by atoms with Crippen LogP contribution >= 0.6 is 11.3 Å². The number of hydrogen-bond acceptors (Lipinski definition) is 5.